The molecule has 338 valence electrons. The Bertz CT molecular complexity index is 1800. The minimum Gasteiger partial charge on any atom is -0.510 e. The number of amides is 1. The number of cyclic esters (lactones) is 1. The number of carbonyl (C=O) groups excluding carboxylic acids is 4. The average molecular weight is 854 g/mol. The van der Waals surface area contributed by atoms with E-state index < -0.39 is 83.8 Å². The average Bonchev–Trinajstić information content (AvgIpc) is 3.53. The SMILES string of the molecule is CC/C=C/C=C/[C@H]1O[C@@](O)([C@@H](C)[C@H](O)[C@H](C)[C@H]2OC(=O)/C(OC)=C/C(C)=C/[C@@H](C)[C@@H](O)[C@@H](C)C/C(C)=C/C=C/[C@@H]2OC)C[C@@H](OC(=O)/C=C/C(=O)NC2=C(O)CCC2=O)[C@@H]1C. The van der Waals surface area contributed by atoms with Gasteiger partial charge in [-0.05, 0) is 38.7 Å². The summed E-state index contributed by atoms with van der Waals surface area (Å²) in [5, 5.41) is 47.6. The number of rotatable bonds is 13. The Morgan fingerprint density at radius 3 is 2.41 bits per heavy atom. The smallest absolute Gasteiger partial charge is 0.373 e. The van der Waals surface area contributed by atoms with Crippen molar-refractivity contribution >= 4 is 23.6 Å². The van der Waals surface area contributed by atoms with Crippen molar-refractivity contribution in [3.05, 3.63) is 95.2 Å². The van der Waals surface area contributed by atoms with Crippen LogP contribution in [0.4, 0.5) is 0 Å². The van der Waals surface area contributed by atoms with Crippen LogP contribution in [0.15, 0.2) is 95.2 Å². The molecule has 2 heterocycles. The Balaban J connectivity index is 1.97. The number of hydrogen-bond acceptors (Lipinski definition) is 13. The van der Waals surface area contributed by atoms with E-state index in [1.165, 1.54) is 20.3 Å². The molecule has 0 aromatic rings. The van der Waals surface area contributed by atoms with Crippen molar-refractivity contribution < 1.29 is 63.3 Å². The van der Waals surface area contributed by atoms with Gasteiger partial charge in [0.15, 0.2) is 11.6 Å². The lowest BCUT2D eigenvalue weighted by molar-refractivity contribution is -0.314. The van der Waals surface area contributed by atoms with Crippen LogP contribution in [0.2, 0.25) is 0 Å². The van der Waals surface area contributed by atoms with Crippen molar-refractivity contribution in [3.63, 3.8) is 0 Å². The monoisotopic (exact) mass is 853 g/mol. The largest absolute Gasteiger partial charge is 0.510 e. The van der Waals surface area contributed by atoms with Crippen molar-refractivity contribution in [3.8, 4) is 0 Å². The van der Waals surface area contributed by atoms with Gasteiger partial charge in [-0.25, -0.2) is 9.59 Å². The quantitative estimate of drug-likeness (QED) is 0.0831. The number of allylic oxidation sites excluding steroid dienone is 10. The number of ether oxygens (including phenoxy) is 5. The second-order valence-corrected chi connectivity index (χ2v) is 16.5. The maximum absolute atomic E-state index is 13.8. The molecular weight excluding hydrogens is 787 g/mol. The first-order valence-electron chi connectivity index (χ1n) is 21.0. The Labute approximate surface area is 360 Å². The third kappa shape index (κ3) is 14.2. The number of nitrogens with one attached hydrogen (secondary N) is 1. The van der Waals surface area contributed by atoms with E-state index in [0.717, 1.165) is 24.1 Å². The number of esters is 2. The zero-order chi connectivity index (χ0) is 45.6. The van der Waals surface area contributed by atoms with Gasteiger partial charge in [0.2, 0.25) is 11.7 Å². The molecule has 3 aliphatic rings. The second kappa shape index (κ2) is 23.6. The predicted molar refractivity (Wildman–Crippen MR) is 229 cm³/mol. The molecule has 0 saturated carbocycles. The lowest BCUT2D eigenvalue weighted by atomic mass is 9.77. The Morgan fingerprint density at radius 2 is 1.79 bits per heavy atom. The molecular formula is C47H67NO13. The Hall–Kier alpha value is -4.60. The minimum atomic E-state index is -2.10. The summed E-state index contributed by atoms with van der Waals surface area (Å²) in [6.07, 6.45) is 13.2. The van der Waals surface area contributed by atoms with E-state index in [0.29, 0.717) is 12.0 Å². The number of aliphatic hydroxyl groups is 4. The van der Waals surface area contributed by atoms with Gasteiger partial charge in [0, 0.05) is 62.2 Å². The first-order valence-corrected chi connectivity index (χ1v) is 21.0. The van der Waals surface area contributed by atoms with Gasteiger partial charge in [-0.2, -0.15) is 0 Å². The molecule has 3 rings (SSSR count). The van der Waals surface area contributed by atoms with Crippen LogP contribution in [0.3, 0.4) is 0 Å². The number of Topliss-reactive ketones (excluding diaryl/α,β-unsaturated/α-hetero) is 1. The van der Waals surface area contributed by atoms with E-state index in [9.17, 15) is 39.6 Å². The minimum absolute atomic E-state index is 0.0657. The molecule has 0 bridgehead atoms. The number of ketones is 1. The fourth-order valence-corrected chi connectivity index (χ4v) is 7.81. The molecule has 0 unspecified atom stereocenters. The van der Waals surface area contributed by atoms with Crippen molar-refractivity contribution in [1.29, 1.82) is 0 Å². The maximum atomic E-state index is 13.8. The van der Waals surface area contributed by atoms with E-state index in [1.54, 1.807) is 52.0 Å². The van der Waals surface area contributed by atoms with Crippen LogP contribution in [0.1, 0.15) is 87.5 Å². The molecule has 0 radical (unpaired) electrons. The molecule has 61 heavy (non-hydrogen) atoms. The highest BCUT2D eigenvalue weighted by atomic mass is 16.6. The van der Waals surface area contributed by atoms with E-state index in [1.807, 2.05) is 52.0 Å². The van der Waals surface area contributed by atoms with E-state index >= 15 is 0 Å². The number of carbonyl (C=O) groups is 4. The highest BCUT2D eigenvalue weighted by Crippen LogP contribution is 2.41. The molecule has 2 aliphatic heterocycles. The summed E-state index contributed by atoms with van der Waals surface area (Å²) in [6.45, 7) is 14.6. The summed E-state index contributed by atoms with van der Waals surface area (Å²) < 4.78 is 29.5. The van der Waals surface area contributed by atoms with E-state index in [2.05, 4.69) is 5.32 Å². The topological polar surface area (TPSA) is 207 Å². The maximum Gasteiger partial charge on any atom is 0.373 e. The van der Waals surface area contributed by atoms with Gasteiger partial charge in [0.25, 0.3) is 0 Å². The second-order valence-electron chi connectivity index (χ2n) is 16.5. The molecule has 1 saturated heterocycles. The number of aliphatic hydroxyl groups excluding tert-OH is 3. The summed E-state index contributed by atoms with van der Waals surface area (Å²) in [7, 11) is 2.79. The molecule has 0 aromatic heterocycles. The first-order chi connectivity index (χ1) is 28.8. The van der Waals surface area contributed by atoms with Crippen molar-refractivity contribution in [2.45, 2.75) is 130 Å². The number of methoxy groups -OCH3 is 2. The summed E-state index contributed by atoms with van der Waals surface area (Å²) >= 11 is 0. The summed E-state index contributed by atoms with van der Waals surface area (Å²) in [5.41, 5.74) is 1.46. The molecule has 12 atom stereocenters. The zero-order valence-electron chi connectivity index (χ0n) is 37.2. The summed E-state index contributed by atoms with van der Waals surface area (Å²) in [6, 6.07) is 0. The van der Waals surface area contributed by atoms with Crippen LogP contribution in [0.25, 0.3) is 0 Å². The van der Waals surface area contributed by atoms with Crippen molar-refractivity contribution in [2.24, 2.45) is 29.6 Å². The van der Waals surface area contributed by atoms with Crippen LogP contribution < -0.4 is 5.32 Å². The number of hydrogen-bond donors (Lipinski definition) is 5. The molecule has 5 N–H and O–H groups in total. The summed E-state index contributed by atoms with van der Waals surface area (Å²) in [5.74, 6) is -8.20. The lowest BCUT2D eigenvalue weighted by Gasteiger charge is -2.48. The van der Waals surface area contributed by atoms with Crippen LogP contribution in [0, 0.1) is 29.6 Å². The van der Waals surface area contributed by atoms with Crippen molar-refractivity contribution in [2.75, 3.05) is 14.2 Å². The van der Waals surface area contributed by atoms with E-state index in [-0.39, 0.29) is 48.3 Å². The van der Waals surface area contributed by atoms with Crippen LogP contribution in [0.5, 0.6) is 0 Å². The highest BCUT2D eigenvalue weighted by Gasteiger charge is 2.52. The molecule has 1 fully saturated rings. The van der Waals surface area contributed by atoms with Gasteiger partial charge in [-0.1, -0.05) is 101 Å². The Morgan fingerprint density at radius 1 is 1.08 bits per heavy atom. The third-order valence-corrected chi connectivity index (χ3v) is 11.6. The van der Waals surface area contributed by atoms with Crippen LogP contribution in [-0.4, -0.2) is 101 Å². The standard InChI is InChI=1S/C47H67NO13/c1-11-12-13-14-17-36-31(6)39(59-41(52)22-21-40(51)48-42-34(49)19-20-35(42)50)26-47(56,61-36)33(8)44(54)32(7)45-37(57-9)18-15-16-27(2)23-29(4)43(53)30(5)24-28(3)25-38(58-10)46(55)60-45/h12-18,21-22,24-25,29-33,36-37,39,43-45,49,53-54,56H,11,19-20,23,26H2,1-10H3,(H,48,51)/b13-12+,17-14+,18-15+,22-21+,27-16+,28-24+,38-25-/t29-,30+,31+,32-,33-,36+,37-,39+,43-,44+,45+,47+/m0/s1. The molecule has 0 spiro atoms. The molecule has 14 heteroatoms. The van der Waals surface area contributed by atoms with Gasteiger partial charge in [0.1, 0.15) is 29.8 Å². The predicted octanol–water partition coefficient (Wildman–Crippen LogP) is 5.91. The van der Waals surface area contributed by atoms with Crippen LogP contribution >= 0.6 is 0 Å². The first kappa shape index (κ1) is 50.8. The highest BCUT2D eigenvalue weighted by molar-refractivity contribution is 6.04. The molecule has 1 aliphatic carbocycles. The fourth-order valence-electron chi connectivity index (χ4n) is 7.81. The molecule has 1 amide bonds. The summed E-state index contributed by atoms with van der Waals surface area (Å²) in [4.78, 5) is 51.4. The van der Waals surface area contributed by atoms with Gasteiger partial charge in [-0.3, -0.25) is 9.59 Å². The van der Waals surface area contributed by atoms with Crippen LogP contribution in [-0.2, 0) is 42.9 Å². The molecule has 0 aromatic carbocycles. The fraction of sp³-hybridized carbons (Fsp3) is 0.574. The van der Waals surface area contributed by atoms with Gasteiger partial charge in [-0.15, -0.1) is 0 Å². The third-order valence-electron chi connectivity index (χ3n) is 11.6. The molecule has 14 nitrogen and oxygen atoms in total. The Kier molecular flexibility index (Phi) is 19.6. The van der Waals surface area contributed by atoms with Gasteiger partial charge >= 0.3 is 11.9 Å². The normalized spacial score (nSPS) is 34.5. The van der Waals surface area contributed by atoms with E-state index in [4.69, 9.17) is 23.7 Å². The van der Waals surface area contributed by atoms with Gasteiger partial charge in [0.05, 0.1) is 25.4 Å². The zero-order valence-corrected chi connectivity index (χ0v) is 37.2. The lowest BCUT2D eigenvalue weighted by Crippen LogP contribution is -2.58. The van der Waals surface area contributed by atoms with Gasteiger partial charge < -0.3 is 49.4 Å². The van der Waals surface area contributed by atoms with Crippen molar-refractivity contribution in [1.82, 2.24) is 5.32 Å².